The van der Waals surface area contributed by atoms with Gasteiger partial charge >= 0.3 is 0 Å². The number of imidazole rings is 1. The molecule has 2 N–H and O–H groups in total. The van der Waals surface area contributed by atoms with E-state index >= 15 is 0 Å². The van der Waals surface area contributed by atoms with Gasteiger partial charge in [0, 0.05) is 6.54 Å². The number of hydrogen-bond donors (Lipinski definition) is 2. The fourth-order valence-corrected chi connectivity index (χ4v) is 0.979. The van der Waals surface area contributed by atoms with Gasteiger partial charge in [0.25, 0.3) is 0 Å². The summed E-state index contributed by atoms with van der Waals surface area (Å²) >= 11 is 0. The summed E-state index contributed by atoms with van der Waals surface area (Å²) < 4.78 is 0. The maximum Gasteiger partial charge on any atom is 0.224 e. The molecule has 2 rings (SSSR count). The van der Waals surface area contributed by atoms with Crippen molar-refractivity contribution in [1.29, 1.82) is 0 Å². The van der Waals surface area contributed by atoms with E-state index in [1.54, 1.807) is 12.5 Å². The molecule has 0 aliphatic carbocycles. The zero-order chi connectivity index (χ0) is 8.39. The molecule has 0 amide bonds. The standard InChI is InChI=1S/C7H9N5.ClH/c1-2-8-7-9-3-5-6(12-7)11-4-10-5;/h3-4H,2H2,1H3,(H2,8,9,10,11,12);1H. The molecule has 13 heavy (non-hydrogen) atoms. The summed E-state index contributed by atoms with van der Waals surface area (Å²) in [5.74, 6) is 0.622. The van der Waals surface area contributed by atoms with E-state index in [-0.39, 0.29) is 12.4 Å². The van der Waals surface area contributed by atoms with Gasteiger partial charge in [-0.05, 0) is 6.92 Å². The lowest BCUT2D eigenvalue weighted by atomic mass is 10.5. The van der Waals surface area contributed by atoms with Crippen LogP contribution in [0.4, 0.5) is 5.95 Å². The summed E-state index contributed by atoms with van der Waals surface area (Å²) in [7, 11) is 0. The van der Waals surface area contributed by atoms with Crippen molar-refractivity contribution in [2.45, 2.75) is 6.92 Å². The Kier molecular flexibility index (Phi) is 3.02. The highest BCUT2D eigenvalue weighted by Gasteiger charge is 1.98. The molecule has 2 heterocycles. The van der Waals surface area contributed by atoms with Crippen LogP contribution in [0, 0.1) is 0 Å². The lowest BCUT2D eigenvalue weighted by Crippen LogP contribution is -2.01. The van der Waals surface area contributed by atoms with E-state index in [1.807, 2.05) is 6.92 Å². The first kappa shape index (κ1) is 9.73. The van der Waals surface area contributed by atoms with Crippen LogP contribution >= 0.6 is 12.4 Å². The number of halogens is 1. The Labute approximate surface area is 81.4 Å². The van der Waals surface area contributed by atoms with E-state index in [2.05, 4.69) is 25.3 Å². The third kappa shape index (κ3) is 1.86. The fraction of sp³-hybridized carbons (Fsp3) is 0.286. The summed E-state index contributed by atoms with van der Waals surface area (Å²) in [4.78, 5) is 15.2. The van der Waals surface area contributed by atoms with E-state index in [0.717, 1.165) is 12.1 Å². The van der Waals surface area contributed by atoms with Crippen molar-refractivity contribution in [3.8, 4) is 0 Å². The van der Waals surface area contributed by atoms with Crippen molar-refractivity contribution in [1.82, 2.24) is 19.9 Å². The molecule has 6 heteroatoms. The first-order valence-electron chi connectivity index (χ1n) is 3.80. The van der Waals surface area contributed by atoms with Gasteiger partial charge in [-0.2, -0.15) is 4.98 Å². The minimum Gasteiger partial charge on any atom is -0.354 e. The van der Waals surface area contributed by atoms with Crippen LogP contribution in [0.3, 0.4) is 0 Å². The maximum absolute atomic E-state index is 4.16. The third-order valence-electron chi connectivity index (χ3n) is 1.51. The van der Waals surface area contributed by atoms with Gasteiger partial charge in [0.1, 0.15) is 5.52 Å². The second-order valence-electron chi connectivity index (χ2n) is 2.36. The first-order valence-corrected chi connectivity index (χ1v) is 3.80. The molecule has 0 aromatic carbocycles. The van der Waals surface area contributed by atoms with Crippen LogP contribution in [0.25, 0.3) is 11.2 Å². The van der Waals surface area contributed by atoms with Gasteiger partial charge < -0.3 is 10.3 Å². The van der Waals surface area contributed by atoms with Crippen molar-refractivity contribution in [2.75, 3.05) is 11.9 Å². The number of nitrogens with one attached hydrogen (secondary N) is 2. The summed E-state index contributed by atoms with van der Waals surface area (Å²) in [6.07, 6.45) is 3.32. The quantitative estimate of drug-likeness (QED) is 0.763. The predicted molar refractivity (Wildman–Crippen MR) is 53.1 cm³/mol. The minimum atomic E-state index is 0. The molecule has 0 radical (unpaired) electrons. The number of aromatic amines is 1. The molecule has 0 aliphatic rings. The van der Waals surface area contributed by atoms with Crippen LogP contribution in [0.2, 0.25) is 0 Å². The van der Waals surface area contributed by atoms with Crippen molar-refractivity contribution >= 4 is 29.5 Å². The average Bonchev–Trinajstić information content (AvgIpc) is 2.51. The second-order valence-corrected chi connectivity index (χ2v) is 2.36. The van der Waals surface area contributed by atoms with E-state index in [1.165, 1.54) is 0 Å². The molecule has 0 saturated carbocycles. The van der Waals surface area contributed by atoms with Crippen LogP contribution < -0.4 is 5.32 Å². The molecule has 2 aromatic heterocycles. The number of fused-ring (bicyclic) bond motifs is 1. The normalized spacial score (nSPS) is 9.62. The van der Waals surface area contributed by atoms with Gasteiger partial charge in [0.2, 0.25) is 5.95 Å². The van der Waals surface area contributed by atoms with Crippen molar-refractivity contribution < 1.29 is 0 Å². The zero-order valence-electron chi connectivity index (χ0n) is 7.11. The van der Waals surface area contributed by atoms with Gasteiger partial charge in [0.15, 0.2) is 5.65 Å². The van der Waals surface area contributed by atoms with Gasteiger partial charge in [-0.25, -0.2) is 9.97 Å². The minimum absolute atomic E-state index is 0. The van der Waals surface area contributed by atoms with Gasteiger partial charge in [-0.1, -0.05) is 0 Å². The lowest BCUT2D eigenvalue weighted by Gasteiger charge is -1.98. The second kappa shape index (κ2) is 4.04. The largest absolute Gasteiger partial charge is 0.354 e. The smallest absolute Gasteiger partial charge is 0.224 e. The molecule has 2 aromatic rings. The third-order valence-corrected chi connectivity index (χ3v) is 1.51. The fourth-order valence-electron chi connectivity index (χ4n) is 0.979. The predicted octanol–water partition coefficient (Wildman–Crippen LogP) is 1.21. The van der Waals surface area contributed by atoms with Crippen molar-refractivity contribution in [3.05, 3.63) is 12.5 Å². The Bertz CT molecular complexity index is 385. The molecule has 0 fully saturated rings. The number of hydrogen-bond acceptors (Lipinski definition) is 4. The highest BCUT2D eigenvalue weighted by Crippen LogP contribution is 2.06. The van der Waals surface area contributed by atoms with Crippen molar-refractivity contribution in [2.24, 2.45) is 0 Å². The lowest BCUT2D eigenvalue weighted by molar-refractivity contribution is 1.10. The molecule has 0 bridgehead atoms. The molecule has 0 aliphatic heterocycles. The van der Waals surface area contributed by atoms with Crippen LogP contribution in [-0.4, -0.2) is 26.5 Å². The Morgan fingerprint density at radius 2 is 2.31 bits per heavy atom. The molecule has 70 valence electrons. The summed E-state index contributed by atoms with van der Waals surface area (Å²) in [6, 6.07) is 0. The highest BCUT2D eigenvalue weighted by molar-refractivity contribution is 5.85. The maximum atomic E-state index is 4.16. The van der Waals surface area contributed by atoms with E-state index < -0.39 is 0 Å². The summed E-state index contributed by atoms with van der Waals surface area (Å²) in [6.45, 7) is 2.81. The summed E-state index contributed by atoms with van der Waals surface area (Å²) in [5.41, 5.74) is 1.55. The first-order chi connectivity index (χ1) is 5.90. The van der Waals surface area contributed by atoms with E-state index in [4.69, 9.17) is 0 Å². The van der Waals surface area contributed by atoms with Crippen LogP contribution in [0.15, 0.2) is 12.5 Å². The number of nitrogens with zero attached hydrogens (tertiary/aromatic N) is 3. The number of rotatable bonds is 2. The Balaban J connectivity index is 0.000000845. The van der Waals surface area contributed by atoms with Gasteiger partial charge in [-0.3, -0.25) is 0 Å². The molecule has 5 nitrogen and oxygen atoms in total. The number of aromatic nitrogens is 4. The molecule has 0 atom stereocenters. The van der Waals surface area contributed by atoms with Crippen LogP contribution in [0.5, 0.6) is 0 Å². The van der Waals surface area contributed by atoms with E-state index in [0.29, 0.717) is 11.6 Å². The summed E-state index contributed by atoms with van der Waals surface area (Å²) in [5, 5.41) is 3.01. The zero-order valence-corrected chi connectivity index (χ0v) is 7.93. The highest BCUT2D eigenvalue weighted by atomic mass is 35.5. The molecule has 0 spiro atoms. The topological polar surface area (TPSA) is 66.5 Å². The van der Waals surface area contributed by atoms with Gasteiger partial charge in [0.05, 0.1) is 12.5 Å². The molecular weight excluding hydrogens is 190 g/mol. The molecule has 0 unspecified atom stereocenters. The number of anilines is 1. The van der Waals surface area contributed by atoms with Crippen molar-refractivity contribution in [3.63, 3.8) is 0 Å². The van der Waals surface area contributed by atoms with E-state index in [9.17, 15) is 0 Å². The monoisotopic (exact) mass is 199 g/mol. The average molecular weight is 200 g/mol. The number of H-pyrrole nitrogens is 1. The molecule has 0 saturated heterocycles. The Hall–Kier alpha value is -1.36. The van der Waals surface area contributed by atoms with Gasteiger partial charge in [-0.15, -0.1) is 12.4 Å². The van der Waals surface area contributed by atoms with Crippen LogP contribution in [0.1, 0.15) is 6.92 Å². The van der Waals surface area contributed by atoms with Crippen LogP contribution in [-0.2, 0) is 0 Å². The SMILES string of the molecule is CCNc1ncc2[nH]cnc2n1.Cl. The Morgan fingerprint density at radius 3 is 3.08 bits per heavy atom. The Morgan fingerprint density at radius 1 is 1.46 bits per heavy atom. The molecular formula is C7H10ClN5.